The van der Waals surface area contributed by atoms with E-state index in [1.807, 2.05) is 0 Å². The van der Waals surface area contributed by atoms with Crippen molar-refractivity contribution in [3.8, 4) is 11.8 Å². The molecule has 1 aliphatic carbocycles. The Balaban J connectivity index is 2.32. The van der Waals surface area contributed by atoms with Gasteiger partial charge < -0.3 is 5.11 Å². The van der Waals surface area contributed by atoms with Gasteiger partial charge in [0, 0.05) is 19.4 Å². The molecule has 0 aromatic heterocycles. The first-order valence-electron chi connectivity index (χ1n) is 3.00. The molecule has 0 bridgehead atoms. The van der Waals surface area contributed by atoms with Gasteiger partial charge in [-0.15, -0.1) is 11.8 Å². The van der Waals surface area contributed by atoms with Crippen molar-refractivity contribution >= 4 is 0 Å². The Morgan fingerprint density at radius 3 is 2.75 bits per heavy atom. The van der Waals surface area contributed by atoms with E-state index in [1.165, 1.54) is 0 Å². The van der Waals surface area contributed by atoms with Crippen LogP contribution in [0.2, 0.25) is 0 Å². The summed E-state index contributed by atoms with van der Waals surface area (Å²) >= 11 is 0. The molecule has 0 spiro atoms. The summed E-state index contributed by atoms with van der Waals surface area (Å²) < 4.78 is 0. The number of aliphatic hydroxyl groups excluding tert-OH is 1. The van der Waals surface area contributed by atoms with Gasteiger partial charge in [-0.25, -0.2) is 0 Å². The highest BCUT2D eigenvalue weighted by molar-refractivity contribution is 5.04. The third-order valence-corrected chi connectivity index (χ3v) is 1.45. The van der Waals surface area contributed by atoms with E-state index >= 15 is 0 Å². The van der Waals surface area contributed by atoms with Crippen molar-refractivity contribution in [1.29, 1.82) is 0 Å². The van der Waals surface area contributed by atoms with Gasteiger partial charge in [-0.3, -0.25) is 0 Å². The van der Waals surface area contributed by atoms with E-state index in [1.54, 1.807) is 0 Å². The fraction of sp³-hybridized carbons (Fsp3) is 0.714. The molecule has 1 N–H and O–H groups in total. The van der Waals surface area contributed by atoms with Gasteiger partial charge >= 0.3 is 0 Å². The van der Waals surface area contributed by atoms with Crippen LogP contribution in [0.25, 0.3) is 0 Å². The summed E-state index contributed by atoms with van der Waals surface area (Å²) in [6.45, 7) is 0.314. The predicted octanol–water partition coefficient (Wildman–Crippen LogP) is 0.782. The second kappa shape index (κ2) is 2.74. The fourth-order valence-electron chi connectivity index (χ4n) is 0.839. The molecule has 1 aliphatic rings. The van der Waals surface area contributed by atoms with Gasteiger partial charge in [0.1, 0.15) is 0 Å². The largest absolute Gasteiger partial charge is 0.396 e. The number of hydrogen-bond acceptors (Lipinski definition) is 1. The smallest absolute Gasteiger partial charge is 0.0468 e. The molecule has 0 saturated heterocycles. The lowest BCUT2D eigenvalue weighted by atomic mass is 9.97. The lowest BCUT2D eigenvalue weighted by Crippen LogP contribution is -2.06. The minimum absolute atomic E-state index is 0.314. The highest BCUT2D eigenvalue weighted by atomic mass is 16.3. The van der Waals surface area contributed by atoms with Crippen molar-refractivity contribution in [3.05, 3.63) is 0 Å². The Morgan fingerprint density at radius 1 is 1.50 bits per heavy atom. The Kier molecular flexibility index (Phi) is 1.93. The van der Waals surface area contributed by atoms with E-state index < -0.39 is 0 Å². The SMILES string of the molecule is OCC1CC#CCC1. The molecule has 0 aliphatic heterocycles. The van der Waals surface area contributed by atoms with Crippen LogP contribution in [0.3, 0.4) is 0 Å². The minimum Gasteiger partial charge on any atom is -0.396 e. The van der Waals surface area contributed by atoms with Gasteiger partial charge in [0.25, 0.3) is 0 Å². The van der Waals surface area contributed by atoms with E-state index in [-0.39, 0.29) is 0 Å². The number of aliphatic hydroxyl groups is 1. The first kappa shape index (κ1) is 5.65. The highest BCUT2D eigenvalue weighted by Gasteiger charge is 2.06. The summed E-state index contributed by atoms with van der Waals surface area (Å²) in [5, 5.41) is 8.62. The maximum atomic E-state index is 8.62. The van der Waals surface area contributed by atoms with Crippen LogP contribution in [0.4, 0.5) is 0 Å². The molecular weight excluding hydrogens is 100 g/mol. The molecule has 0 fully saturated rings. The van der Waals surface area contributed by atoms with Gasteiger partial charge in [-0.1, -0.05) is 0 Å². The Hall–Kier alpha value is -0.480. The van der Waals surface area contributed by atoms with Gasteiger partial charge in [0.15, 0.2) is 0 Å². The Bertz CT molecular complexity index is 118. The second-order valence-electron chi connectivity index (χ2n) is 2.14. The Labute approximate surface area is 49.7 Å². The van der Waals surface area contributed by atoms with Crippen LogP contribution >= 0.6 is 0 Å². The zero-order valence-corrected chi connectivity index (χ0v) is 4.85. The Morgan fingerprint density at radius 2 is 2.38 bits per heavy atom. The van der Waals surface area contributed by atoms with Crippen molar-refractivity contribution in [2.24, 2.45) is 5.92 Å². The van der Waals surface area contributed by atoms with Crippen molar-refractivity contribution < 1.29 is 5.11 Å². The summed E-state index contributed by atoms with van der Waals surface area (Å²) in [5.74, 6) is 6.43. The van der Waals surface area contributed by atoms with E-state index in [9.17, 15) is 0 Å². The summed E-state index contributed by atoms with van der Waals surface area (Å²) in [4.78, 5) is 0. The van der Waals surface area contributed by atoms with Crippen LogP contribution in [0.1, 0.15) is 19.3 Å². The molecule has 1 unspecified atom stereocenters. The first-order chi connectivity index (χ1) is 3.93. The predicted molar refractivity (Wildman–Crippen MR) is 32.2 cm³/mol. The molecule has 8 heavy (non-hydrogen) atoms. The van der Waals surface area contributed by atoms with Crippen LogP contribution < -0.4 is 0 Å². The van der Waals surface area contributed by atoms with E-state index in [4.69, 9.17) is 5.11 Å². The highest BCUT2D eigenvalue weighted by Crippen LogP contribution is 2.12. The third kappa shape index (κ3) is 1.24. The van der Waals surface area contributed by atoms with E-state index in [2.05, 4.69) is 11.8 Å². The molecule has 0 amide bonds. The van der Waals surface area contributed by atoms with Crippen molar-refractivity contribution in [3.63, 3.8) is 0 Å². The van der Waals surface area contributed by atoms with Gasteiger partial charge in [0.2, 0.25) is 0 Å². The van der Waals surface area contributed by atoms with Crippen LogP contribution in [0.5, 0.6) is 0 Å². The molecule has 1 rings (SSSR count). The van der Waals surface area contributed by atoms with Crippen molar-refractivity contribution in [2.45, 2.75) is 19.3 Å². The van der Waals surface area contributed by atoms with Crippen molar-refractivity contribution in [2.75, 3.05) is 6.61 Å². The average molecular weight is 110 g/mol. The maximum Gasteiger partial charge on any atom is 0.0468 e. The average Bonchev–Trinajstić information content (AvgIpc) is 1.90. The molecular formula is C7H10O. The second-order valence-corrected chi connectivity index (χ2v) is 2.14. The lowest BCUT2D eigenvalue weighted by molar-refractivity contribution is 0.221. The number of hydrogen-bond donors (Lipinski definition) is 1. The standard InChI is InChI=1S/C7H10O/c8-6-7-4-2-1-3-5-7/h7-8H,2,4-6H2. The fourth-order valence-corrected chi connectivity index (χ4v) is 0.839. The molecule has 0 heterocycles. The van der Waals surface area contributed by atoms with Crippen LogP contribution in [-0.2, 0) is 0 Å². The van der Waals surface area contributed by atoms with Gasteiger partial charge in [-0.2, -0.15) is 0 Å². The summed E-state index contributed by atoms with van der Waals surface area (Å²) in [6, 6.07) is 0. The van der Waals surface area contributed by atoms with Crippen LogP contribution in [0.15, 0.2) is 0 Å². The quantitative estimate of drug-likeness (QED) is 0.494. The van der Waals surface area contributed by atoms with Gasteiger partial charge in [0.05, 0.1) is 0 Å². The minimum atomic E-state index is 0.314. The third-order valence-electron chi connectivity index (χ3n) is 1.45. The van der Waals surface area contributed by atoms with Crippen LogP contribution in [0, 0.1) is 17.8 Å². The monoisotopic (exact) mass is 110 g/mol. The zero-order chi connectivity index (χ0) is 5.82. The lowest BCUT2D eigenvalue weighted by Gasteiger charge is -2.10. The summed E-state index contributed by atoms with van der Waals surface area (Å²) in [6.07, 6.45) is 2.96. The normalized spacial score (nSPS) is 26.4. The van der Waals surface area contributed by atoms with E-state index in [0.29, 0.717) is 12.5 Å². The molecule has 1 atom stereocenters. The number of rotatable bonds is 1. The summed E-state index contributed by atoms with van der Waals surface area (Å²) in [5.41, 5.74) is 0. The topological polar surface area (TPSA) is 20.2 Å². The molecule has 0 aromatic rings. The first-order valence-corrected chi connectivity index (χ1v) is 3.00. The molecule has 0 saturated carbocycles. The van der Waals surface area contributed by atoms with E-state index in [0.717, 1.165) is 19.3 Å². The zero-order valence-electron chi connectivity index (χ0n) is 4.85. The van der Waals surface area contributed by atoms with Crippen LogP contribution in [-0.4, -0.2) is 11.7 Å². The summed E-state index contributed by atoms with van der Waals surface area (Å²) in [7, 11) is 0. The molecule has 1 heteroatoms. The maximum absolute atomic E-state index is 8.62. The van der Waals surface area contributed by atoms with Crippen molar-refractivity contribution in [1.82, 2.24) is 0 Å². The molecule has 1 nitrogen and oxygen atoms in total. The molecule has 0 radical (unpaired) electrons. The molecule has 0 aromatic carbocycles. The van der Waals surface area contributed by atoms with Gasteiger partial charge in [-0.05, 0) is 12.3 Å². The molecule has 44 valence electrons.